The Morgan fingerprint density at radius 3 is 3.00 bits per heavy atom. The first-order valence-corrected chi connectivity index (χ1v) is 8.88. The highest BCUT2D eigenvalue weighted by Crippen LogP contribution is 2.19. The zero-order valence-corrected chi connectivity index (χ0v) is 14.6. The number of ether oxygens (including phenoxy) is 1. The van der Waals surface area contributed by atoms with Gasteiger partial charge in [-0.1, -0.05) is 11.6 Å². The van der Waals surface area contributed by atoms with Crippen molar-refractivity contribution >= 4 is 11.9 Å². The van der Waals surface area contributed by atoms with Crippen LogP contribution < -0.4 is 5.32 Å². The van der Waals surface area contributed by atoms with Crippen LogP contribution in [0.5, 0.6) is 0 Å². The molecule has 1 aliphatic carbocycles. The lowest BCUT2D eigenvalue weighted by molar-refractivity contribution is -0.124. The fraction of sp³-hybridized carbons (Fsp3) is 0.421. The molecule has 0 bridgehead atoms. The van der Waals surface area contributed by atoms with E-state index in [4.69, 9.17) is 9.15 Å². The molecule has 7 heteroatoms. The number of aromatic nitrogens is 2. The summed E-state index contributed by atoms with van der Waals surface area (Å²) in [5, 5.41) is 6.84. The molecule has 0 saturated carbocycles. The first-order chi connectivity index (χ1) is 12.7. The number of nitrogens with one attached hydrogen (secondary N) is 1. The van der Waals surface area contributed by atoms with Crippen LogP contribution >= 0.6 is 0 Å². The molecule has 0 aromatic carbocycles. The van der Waals surface area contributed by atoms with Crippen LogP contribution in [0, 0.1) is 0 Å². The molecule has 1 aliphatic rings. The van der Waals surface area contributed by atoms with Crippen LogP contribution in [0.15, 0.2) is 46.7 Å². The van der Waals surface area contributed by atoms with Crippen molar-refractivity contribution in [2.75, 3.05) is 13.2 Å². The molecule has 2 heterocycles. The van der Waals surface area contributed by atoms with E-state index in [1.165, 1.54) is 24.5 Å². The standard InChI is InChI=1S/C19H23N3O4/c23-18(20-11-9-15-5-2-1-3-6-15)14-25-19(24)17-8-7-16(26-17)13-22-12-4-10-21-22/h4-5,7-8,10,12H,1-3,6,9,11,13-14H2,(H,20,23). The molecular formula is C19H23N3O4. The van der Waals surface area contributed by atoms with Crippen molar-refractivity contribution in [1.29, 1.82) is 0 Å². The molecule has 26 heavy (non-hydrogen) atoms. The summed E-state index contributed by atoms with van der Waals surface area (Å²) in [5.74, 6) is -0.293. The lowest BCUT2D eigenvalue weighted by atomic mass is 9.97. The zero-order chi connectivity index (χ0) is 18.2. The fourth-order valence-corrected chi connectivity index (χ4v) is 2.87. The third-order valence-corrected chi connectivity index (χ3v) is 4.23. The number of nitrogens with zero attached hydrogens (tertiary/aromatic N) is 2. The summed E-state index contributed by atoms with van der Waals surface area (Å²) < 4.78 is 12.1. The van der Waals surface area contributed by atoms with E-state index in [2.05, 4.69) is 16.5 Å². The Morgan fingerprint density at radius 2 is 2.23 bits per heavy atom. The molecule has 1 amide bonds. The van der Waals surface area contributed by atoms with Gasteiger partial charge in [0.15, 0.2) is 6.61 Å². The lowest BCUT2D eigenvalue weighted by Gasteiger charge is -2.12. The van der Waals surface area contributed by atoms with Crippen molar-refractivity contribution in [3.63, 3.8) is 0 Å². The van der Waals surface area contributed by atoms with E-state index in [1.807, 2.05) is 6.07 Å². The summed E-state index contributed by atoms with van der Waals surface area (Å²) in [6.45, 7) is 0.681. The molecule has 2 aromatic heterocycles. The minimum absolute atomic E-state index is 0.0762. The van der Waals surface area contributed by atoms with Gasteiger partial charge in [-0.3, -0.25) is 9.48 Å². The summed E-state index contributed by atoms with van der Waals surface area (Å²) in [6.07, 6.45) is 11.3. The highest BCUT2D eigenvalue weighted by molar-refractivity contribution is 5.88. The SMILES string of the molecule is O=C(COC(=O)c1ccc(Cn2cccn2)o1)NCCC1=CCCCC1. The number of hydrogen-bond donors (Lipinski definition) is 1. The normalized spacial score (nSPS) is 13.9. The highest BCUT2D eigenvalue weighted by atomic mass is 16.5. The van der Waals surface area contributed by atoms with Crippen LogP contribution in [0.1, 0.15) is 48.4 Å². The van der Waals surface area contributed by atoms with Crippen molar-refractivity contribution in [2.24, 2.45) is 0 Å². The maximum atomic E-state index is 12.0. The number of carbonyl (C=O) groups is 2. The lowest BCUT2D eigenvalue weighted by Crippen LogP contribution is -2.29. The number of furan rings is 1. The van der Waals surface area contributed by atoms with E-state index in [1.54, 1.807) is 23.1 Å². The van der Waals surface area contributed by atoms with Crippen LogP contribution in [0.25, 0.3) is 0 Å². The van der Waals surface area contributed by atoms with Crippen LogP contribution in [0.3, 0.4) is 0 Å². The van der Waals surface area contributed by atoms with Crippen molar-refractivity contribution in [3.8, 4) is 0 Å². The maximum Gasteiger partial charge on any atom is 0.374 e. The Morgan fingerprint density at radius 1 is 1.31 bits per heavy atom. The van der Waals surface area contributed by atoms with Gasteiger partial charge in [0, 0.05) is 18.9 Å². The van der Waals surface area contributed by atoms with E-state index < -0.39 is 5.97 Å². The van der Waals surface area contributed by atoms with E-state index in [-0.39, 0.29) is 18.3 Å². The predicted octanol–water partition coefficient (Wildman–Crippen LogP) is 2.69. The van der Waals surface area contributed by atoms with E-state index in [0.29, 0.717) is 18.8 Å². The van der Waals surface area contributed by atoms with Gasteiger partial charge < -0.3 is 14.5 Å². The quantitative estimate of drug-likeness (QED) is 0.580. The van der Waals surface area contributed by atoms with Crippen LogP contribution in [-0.2, 0) is 16.1 Å². The second-order valence-electron chi connectivity index (χ2n) is 6.25. The van der Waals surface area contributed by atoms with Gasteiger partial charge >= 0.3 is 5.97 Å². The Kier molecular flexibility index (Phi) is 6.24. The van der Waals surface area contributed by atoms with E-state index >= 15 is 0 Å². The molecule has 2 aromatic rings. The van der Waals surface area contributed by atoms with Crippen LogP contribution in [-0.4, -0.2) is 34.8 Å². The molecule has 0 aliphatic heterocycles. The molecule has 7 nitrogen and oxygen atoms in total. The maximum absolute atomic E-state index is 12.0. The molecule has 0 spiro atoms. The Labute approximate surface area is 152 Å². The molecule has 0 unspecified atom stereocenters. The number of rotatable bonds is 8. The largest absolute Gasteiger partial charge is 0.452 e. The molecule has 0 fully saturated rings. The van der Waals surface area contributed by atoms with Gasteiger partial charge in [-0.05, 0) is 50.3 Å². The van der Waals surface area contributed by atoms with Crippen molar-refractivity contribution in [2.45, 2.75) is 38.6 Å². The van der Waals surface area contributed by atoms with Gasteiger partial charge in [0.2, 0.25) is 5.76 Å². The first kappa shape index (κ1) is 18.0. The van der Waals surface area contributed by atoms with Crippen LogP contribution in [0.4, 0.5) is 0 Å². The van der Waals surface area contributed by atoms with Crippen LogP contribution in [0.2, 0.25) is 0 Å². The number of carbonyl (C=O) groups excluding carboxylic acids is 2. The number of hydrogen-bond acceptors (Lipinski definition) is 5. The predicted molar refractivity (Wildman–Crippen MR) is 94.5 cm³/mol. The summed E-state index contributed by atoms with van der Waals surface area (Å²) in [5.41, 5.74) is 1.40. The van der Waals surface area contributed by atoms with Gasteiger partial charge in [0.25, 0.3) is 5.91 Å². The third kappa shape index (κ3) is 5.34. The Hall–Kier alpha value is -2.83. The average molecular weight is 357 g/mol. The highest BCUT2D eigenvalue weighted by Gasteiger charge is 2.15. The monoisotopic (exact) mass is 357 g/mol. The summed E-state index contributed by atoms with van der Waals surface area (Å²) in [4.78, 5) is 23.7. The summed E-state index contributed by atoms with van der Waals surface area (Å²) in [6, 6.07) is 5.03. The second kappa shape index (κ2) is 9.03. The average Bonchev–Trinajstić information content (AvgIpc) is 3.33. The molecule has 0 radical (unpaired) electrons. The Bertz CT molecular complexity index is 762. The van der Waals surface area contributed by atoms with Gasteiger partial charge in [0.1, 0.15) is 5.76 Å². The summed E-state index contributed by atoms with van der Waals surface area (Å²) >= 11 is 0. The van der Waals surface area contributed by atoms with Gasteiger partial charge in [-0.15, -0.1) is 0 Å². The van der Waals surface area contributed by atoms with Crippen molar-refractivity contribution in [1.82, 2.24) is 15.1 Å². The number of esters is 1. The third-order valence-electron chi connectivity index (χ3n) is 4.23. The molecule has 138 valence electrons. The number of amides is 1. The topological polar surface area (TPSA) is 86.4 Å². The van der Waals surface area contributed by atoms with Gasteiger partial charge in [-0.2, -0.15) is 5.10 Å². The second-order valence-corrected chi connectivity index (χ2v) is 6.25. The molecule has 1 N–H and O–H groups in total. The van der Waals surface area contributed by atoms with Gasteiger partial charge in [-0.25, -0.2) is 4.79 Å². The zero-order valence-electron chi connectivity index (χ0n) is 14.6. The number of allylic oxidation sites excluding steroid dienone is 1. The molecular weight excluding hydrogens is 334 g/mol. The minimum Gasteiger partial charge on any atom is -0.452 e. The van der Waals surface area contributed by atoms with Crippen molar-refractivity contribution < 1.29 is 18.7 Å². The molecule has 0 saturated heterocycles. The molecule has 0 atom stereocenters. The fourth-order valence-electron chi connectivity index (χ4n) is 2.87. The van der Waals surface area contributed by atoms with Crippen molar-refractivity contribution in [3.05, 3.63) is 53.8 Å². The van der Waals surface area contributed by atoms with E-state index in [9.17, 15) is 9.59 Å². The Balaban J connectivity index is 1.37. The first-order valence-electron chi connectivity index (χ1n) is 8.88. The molecule has 3 rings (SSSR count). The summed E-state index contributed by atoms with van der Waals surface area (Å²) in [7, 11) is 0. The van der Waals surface area contributed by atoms with E-state index in [0.717, 1.165) is 19.3 Å². The minimum atomic E-state index is -0.651. The smallest absolute Gasteiger partial charge is 0.374 e. The van der Waals surface area contributed by atoms with Gasteiger partial charge in [0.05, 0.1) is 6.54 Å².